The van der Waals surface area contributed by atoms with Crippen LogP contribution in [0.1, 0.15) is 22.7 Å². The molecule has 3 nitrogen and oxygen atoms in total. The summed E-state index contributed by atoms with van der Waals surface area (Å²) in [4.78, 5) is 4.20. The molecule has 1 atom stereocenters. The molecule has 0 saturated carbocycles. The highest BCUT2D eigenvalue weighted by atomic mass is 16.5. The fourth-order valence-electron chi connectivity index (χ4n) is 1.82. The van der Waals surface area contributed by atoms with Crippen LogP contribution in [-0.2, 0) is 0 Å². The van der Waals surface area contributed by atoms with Gasteiger partial charge in [-0.1, -0.05) is 30.3 Å². The van der Waals surface area contributed by atoms with E-state index in [-0.39, 0.29) is 6.04 Å². The first-order valence-corrected chi connectivity index (χ1v) is 5.53. The number of rotatable bonds is 3. The maximum Gasteiger partial charge on any atom is 0.213 e. The molecular weight excluding hydrogens is 212 g/mol. The standard InChI is InChI=1S/C14H16N2O/c1-10-8-13(17-2)16-9-12(10)14(15)11-6-4-3-5-7-11/h3-9,14H,15H2,1-2H3. The predicted molar refractivity (Wildman–Crippen MR) is 68.0 cm³/mol. The summed E-state index contributed by atoms with van der Waals surface area (Å²) in [6.45, 7) is 2.02. The lowest BCUT2D eigenvalue weighted by Gasteiger charge is -2.15. The number of aromatic nitrogens is 1. The third kappa shape index (κ3) is 2.45. The van der Waals surface area contributed by atoms with Crippen LogP contribution in [0, 0.1) is 6.92 Å². The van der Waals surface area contributed by atoms with Gasteiger partial charge in [0.1, 0.15) is 0 Å². The van der Waals surface area contributed by atoms with E-state index in [4.69, 9.17) is 10.5 Å². The van der Waals surface area contributed by atoms with Crippen molar-refractivity contribution in [2.45, 2.75) is 13.0 Å². The molecule has 2 aromatic rings. The number of nitrogens with two attached hydrogens (primary N) is 1. The summed E-state index contributed by atoms with van der Waals surface area (Å²) in [6.07, 6.45) is 1.78. The highest BCUT2D eigenvalue weighted by Gasteiger charge is 2.12. The zero-order valence-corrected chi connectivity index (χ0v) is 10.1. The number of aryl methyl sites for hydroxylation is 1. The lowest BCUT2D eigenvalue weighted by atomic mass is 9.98. The molecule has 3 heteroatoms. The van der Waals surface area contributed by atoms with E-state index < -0.39 is 0 Å². The summed E-state index contributed by atoms with van der Waals surface area (Å²) in [7, 11) is 1.61. The van der Waals surface area contributed by atoms with Gasteiger partial charge >= 0.3 is 0 Å². The van der Waals surface area contributed by atoms with Crippen molar-refractivity contribution < 1.29 is 4.74 Å². The van der Waals surface area contributed by atoms with Crippen LogP contribution in [0.2, 0.25) is 0 Å². The summed E-state index contributed by atoms with van der Waals surface area (Å²) >= 11 is 0. The van der Waals surface area contributed by atoms with Gasteiger partial charge in [0.15, 0.2) is 0 Å². The largest absolute Gasteiger partial charge is 0.481 e. The third-order valence-electron chi connectivity index (χ3n) is 2.83. The van der Waals surface area contributed by atoms with Crippen molar-refractivity contribution in [3.05, 3.63) is 59.3 Å². The van der Waals surface area contributed by atoms with Gasteiger partial charge in [-0.3, -0.25) is 0 Å². The maximum absolute atomic E-state index is 6.23. The van der Waals surface area contributed by atoms with Gasteiger partial charge in [0, 0.05) is 12.3 Å². The SMILES string of the molecule is COc1cc(C)c(C(N)c2ccccc2)cn1. The number of methoxy groups -OCH3 is 1. The second kappa shape index (κ2) is 4.97. The van der Waals surface area contributed by atoms with Gasteiger partial charge in [-0.25, -0.2) is 4.98 Å². The Labute approximate surface area is 101 Å². The minimum absolute atomic E-state index is 0.144. The molecule has 2 N–H and O–H groups in total. The first-order valence-electron chi connectivity index (χ1n) is 5.53. The quantitative estimate of drug-likeness (QED) is 0.877. The molecule has 88 valence electrons. The fraction of sp³-hybridized carbons (Fsp3) is 0.214. The highest BCUT2D eigenvalue weighted by Crippen LogP contribution is 2.23. The maximum atomic E-state index is 6.23. The Morgan fingerprint density at radius 3 is 2.53 bits per heavy atom. The molecular formula is C14H16N2O. The zero-order chi connectivity index (χ0) is 12.3. The van der Waals surface area contributed by atoms with E-state index in [9.17, 15) is 0 Å². The normalized spacial score (nSPS) is 12.2. The van der Waals surface area contributed by atoms with Gasteiger partial charge in [0.25, 0.3) is 0 Å². The Morgan fingerprint density at radius 1 is 1.24 bits per heavy atom. The molecule has 0 fully saturated rings. The summed E-state index contributed by atoms with van der Waals surface area (Å²) in [5, 5.41) is 0. The van der Waals surface area contributed by atoms with Crippen molar-refractivity contribution >= 4 is 0 Å². The van der Waals surface area contributed by atoms with Crippen molar-refractivity contribution in [2.75, 3.05) is 7.11 Å². The lowest BCUT2D eigenvalue weighted by Crippen LogP contribution is -2.13. The van der Waals surface area contributed by atoms with E-state index in [1.54, 1.807) is 13.3 Å². The number of nitrogens with zero attached hydrogens (tertiary/aromatic N) is 1. The van der Waals surface area contributed by atoms with Crippen LogP contribution >= 0.6 is 0 Å². The Kier molecular flexibility index (Phi) is 3.40. The Balaban J connectivity index is 2.34. The smallest absolute Gasteiger partial charge is 0.213 e. The minimum Gasteiger partial charge on any atom is -0.481 e. The molecule has 0 saturated heterocycles. The van der Waals surface area contributed by atoms with Crippen LogP contribution in [0.5, 0.6) is 5.88 Å². The second-order valence-electron chi connectivity index (χ2n) is 3.97. The molecule has 1 unspecified atom stereocenters. The molecule has 1 heterocycles. The van der Waals surface area contributed by atoms with Gasteiger partial charge in [-0.2, -0.15) is 0 Å². The van der Waals surface area contributed by atoms with Gasteiger partial charge in [-0.15, -0.1) is 0 Å². The molecule has 0 spiro atoms. The molecule has 0 aliphatic rings. The average molecular weight is 228 g/mol. The van der Waals surface area contributed by atoms with Crippen LogP contribution in [0.25, 0.3) is 0 Å². The van der Waals surface area contributed by atoms with Gasteiger partial charge in [0.2, 0.25) is 5.88 Å². The number of benzene rings is 1. The Bertz CT molecular complexity index is 497. The van der Waals surface area contributed by atoms with E-state index >= 15 is 0 Å². The first-order chi connectivity index (χ1) is 8.22. The van der Waals surface area contributed by atoms with Crippen molar-refractivity contribution in [3.8, 4) is 5.88 Å². The molecule has 1 aromatic heterocycles. The third-order valence-corrected chi connectivity index (χ3v) is 2.83. The molecule has 0 amide bonds. The topological polar surface area (TPSA) is 48.1 Å². The Hall–Kier alpha value is -1.87. The predicted octanol–water partition coefficient (Wildman–Crippen LogP) is 2.45. The van der Waals surface area contributed by atoms with E-state index in [1.165, 1.54) is 0 Å². The molecule has 1 aromatic carbocycles. The molecule has 2 rings (SSSR count). The van der Waals surface area contributed by atoms with Crippen LogP contribution in [-0.4, -0.2) is 12.1 Å². The summed E-state index contributed by atoms with van der Waals surface area (Å²) in [6, 6.07) is 11.8. The summed E-state index contributed by atoms with van der Waals surface area (Å²) in [5.41, 5.74) is 9.43. The number of hydrogen-bond acceptors (Lipinski definition) is 3. The van der Waals surface area contributed by atoms with Crippen molar-refractivity contribution in [1.82, 2.24) is 4.98 Å². The van der Waals surface area contributed by atoms with Crippen LogP contribution < -0.4 is 10.5 Å². The second-order valence-corrected chi connectivity index (χ2v) is 3.97. The highest BCUT2D eigenvalue weighted by molar-refractivity contribution is 5.36. The fourth-order valence-corrected chi connectivity index (χ4v) is 1.82. The van der Waals surface area contributed by atoms with Crippen molar-refractivity contribution in [1.29, 1.82) is 0 Å². The molecule has 0 bridgehead atoms. The van der Waals surface area contributed by atoms with Crippen molar-refractivity contribution in [2.24, 2.45) is 5.73 Å². The van der Waals surface area contributed by atoms with Crippen LogP contribution in [0.4, 0.5) is 0 Å². The van der Waals surface area contributed by atoms with E-state index in [0.29, 0.717) is 5.88 Å². The first kappa shape index (κ1) is 11.6. The van der Waals surface area contributed by atoms with Crippen LogP contribution in [0.3, 0.4) is 0 Å². The summed E-state index contributed by atoms with van der Waals surface area (Å²) < 4.78 is 5.08. The Morgan fingerprint density at radius 2 is 1.94 bits per heavy atom. The van der Waals surface area contributed by atoms with Gasteiger partial charge < -0.3 is 10.5 Å². The molecule has 0 aliphatic carbocycles. The van der Waals surface area contributed by atoms with Crippen LogP contribution in [0.15, 0.2) is 42.6 Å². The zero-order valence-electron chi connectivity index (χ0n) is 10.1. The number of ether oxygens (including phenoxy) is 1. The number of pyridine rings is 1. The molecule has 0 radical (unpaired) electrons. The summed E-state index contributed by atoms with van der Waals surface area (Å²) in [5.74, 6) is 0.617. The molecule has 17 heavy (non-hydrogen) atoms. The lowest BCUT2D eigenvalue weighted by molar-refractivity contribution is 0.397. The van der Waals surface area contributed by atoms with Crippen molar-refractivity contribution in [3.63, 3.8) is 0 Å². The molecule has 0 aliphatic heterocycles. The monoisotopic (exact) mass is 228 g/mol. The van der Waals surface area contributed by atoms with E-state index in [1.807, 2.05) is 43.3 Å². The average Bonchev–Trinajstić information content (AvgIpc) is 2.39. The van der Waals surface area contributed by atoms with E-state index in [2.05, 4.69) is 4.98 Å². The van der Waals surface area contributed by atoms with Gasteiger partial charge in [-0.05, 0) is 23.6 Å². The number of hydrogen-bond donors (Lipinski definition) is 1. The van der Waals surface area contributed by atoms with E-state index in [0.717, 1.165) is 16.7 Å². The van der Waals surface area contributed by atoms with Gasteiger partial charge in [0.05, 0.1) is 13.2 Å². The minimum atomic E-state index is -0.144.